The zero-order valence-corrected chi connectivity index (χ0v) is 11.2. The van der Waals surface area contributed by atoms with Gasteiger partial charge in [0.1, 0.15) is 5.75 Å². The molecule has 2 aromatic carbocycles. The van der Waals surface area contributed by atoms with E-state index in [0.717, 1.165) is 16.7 Å². The maximum Gasteiger partial charge on any atom is 0.230 e. The Morgan fingerprint density at radius 2 is 1.63 bits per heavy atom. The quantitative estimate of drug-likeness (QED) is 0.906. The lowest BCUT2D eigenvalue weighted by atomic mass is 10.0. The summed E-state index contributed by atoms with van der Waals surface area (Å²) in [6.45, 7) is 0. The molecule has 0 aliphatic carbocycles. The summed E-state index contributed by atoms with van der Waals surface area (Å²) < 4.78 is 11.8. The zero-order valence-electron chi connectivity index (χ0n) is 10.4. The van der Waals surface area contributed by atoms with E-state index < -0.39 is 16.7 Å². The van der Waals surface area contributed by atoms with E-state index in [1.165, 1.54) is 0 Å². The Morgan fingerprint density at radius 3 is 2.32 bits per heavy atom. The third-order valence-corrected chi connectivity index (χ3v) is 3.96. The summed E-state index contributed by atoms with van der Waals surface area (Å²) in [7, 11) is -1.26. The van der Waals surface area contributed by atoms with Crippen LogP contribution in [0.3, 0.4) is 0 Å². The molecule has 1 atom stereocenters. The Bertz CT molecular complexity index is 596. The van der Waals surface area contributed by atoms with Gasteiger partial charge in [-0.3, -0.25) is 9.00 Å². The molecular weight excluding hydrogens is 258 g/mol. The van der Waals surface area contributed by atoms with Crippen molar-refractivity contribution in [2.45, 2.75) is 5.75 Å². The minimum Gasteiger partial charge on any atom is -0.369 e. The smallest absolute Gasteiger partial charge is 0.230 e. The Kier molecular flexibility index (Phi) is 4.47. The minimum atomic E-state index is -1.26. The average Bonchev–Trinajstić information content (AvgIpc) is 2.39. The van der Waals surface area contributed by atoms with Gasteiger partial charge in [0.05, 0.1) is 0 Å². The van der Waals surface area contributed by atoms with Crippen molar-refractivity contribution in [3.8, 4) is 11.1 Å². The molecule has 0 saturated carbocycles. The molecule has 3 nitrogen and oxygen atoms in total. The largest absolute Gasteiger partial charge is 0.369 e. The molecule has 2 N–H and O–H groups in total. The van der Waals surface area contributed by atoms with Crippen LogP contribution in [0, 0.1) is 0 Å². The molecule has 0 aromatic heterocycles. The van der Waals surface area contributed by atoms with Gasteiger partial charge in [0, 0.05) is 16.6 Å². The molecule has 0 spiro atoms. The SMILES string of the molecule is NC(=O)C[S@@](=O)Cc1ccccc1-c1ccccc1. The van der Waals surface area contributed by atoms with Gasteiger partial charge in [-0.1, -0.05) is 54.6 Å². The summed E-state index contributed by atoms with van der Waals surface area (Å²) in [6.07, 6.45) is 0. The van der Waals surface area contributed by atoms with Crippen LogP contribution in [0.4, 0.5) is 0 Å². The fourth-order valence-corrected chi connectivity index (χ4v) is 2.95. The number of benzene rings is 2. The molecule has 98 valence electrons. The zero-order chi connectivity index (χ0) is 13.7. The molecule has 1 amide bonds. The first-order valence-corrected chi connectivity index (χ1v) is 7.42. The van der Waals surface area contributed by atoms with Crippen LogP contribution in [-0.2, 0) is 21.3 Å². The van der Waals surface area contributed by atoms with Gasteiger partial charge in [0.25, 0.3) is 0 Å². The summed E-state index contributed by atoms with van der Waals surface area (Å²) in [5.41, 5.74) is 8.15. The normalized spacial score (nSPS) is 12.0. The van der Waals surface area contributed by atoms with Gasteiger partial charge < -0.3 is 5.73 Å². The minimum absolute atomic E-state index is 0.0941. The van der Waals surface area contributed by atoms with Crippen molar-refractivity contribution < 1.29 is 9.00 Å². The van der Waals surface area contributed by atoms with Crippen LogP contribution in [0.2, 0.25) is 0 Å². The monoisotopic (exact) mass is 273 g/mol. The van der Waals surface area contributed by atoms with Gasteiger partial charge in [-0.05, 0) is 16.7 Å². The Labute approximate surface area is 114 Å². The first kappa shape index (κ1) is 13.5. The van der Waals surface area contributed by atoms with E-state index in [1.807, 2.05) is 54.6 Å². The highest BCUT2D eigenvalue weighted by Crippen LogP contribution is 2.24. The van der Waals surface area contributed by atoms with E-state index in [0.29, 0.717) is 5.75 Å². The lowest BCUT2D eigenvalue weighted by molar-refractivity contribution is -0.115. The standard InChI is InChI=1S/C15H15NO2S/c16-15(17)11-19(18)10-13-8-4-5-9-14(13)12-6-2-1-3-7-12/h1-9H,10-11H2,(H2,16,17)/t19-/m0/s1. The Balaban J connectivity index is 2.27. The van der Waals surface area contributed by atoms with Crippen LogP contribution in [0.5, 0.6) is 0 Å². The summed E-state index contributed by atoms with van der Waals surface area (Å²) in [4.78, 5) is 10.8. The fourth-order valence-electron chi connectivity index (χ4n) is 1.93. The first-order valence-electron chi connectivity index (χ1n) is 5.93. The van der Waals surface area contributed by atoms with Crippen LogP contribution >= 0.6 is 0 Å². The summed E-state index contributed by atoms with van der Waals surface area (Å²) >= 11 is 0. The van der Waals surface area contributed by atoms with Crippen molar-refractivity contribution in [1.29, 1.82) is 0 Å². The van der Waals surface area contributed by atoms with Gasteiger partial charge in [-0.2, -0.15) is 0 Å². The molecule has 0 aliphatic rings. The lowest BCUT2D eigenvalue weighted by Gasteiger charge is -2.09. The number of nitrogens with two attached hydrogens (primary N) is 1. The molecule has 0 fully saturated rings. The summed E-state index contributed by atoms with van der Waals surface area (Å²) in [5.74, 6) is -0.285. The number of hydrogen-bond acceptors (Lipinski definition) is 2. The number of amides is 1. The van der Waals surface area contributed by atoms with Gasteiger partial charge in [-0.15, -0.1) is 0 Å². The molecule has 0 aliphatic heterocycles. The molecular formula is C15H15NO2S. The number of primary amides is 1. The summed E-state index contributed by atoms with van der Waals surface area (Å²) in [6, 6.07) is 17.7. The molecule has 0 bridgehead atoms. The second-order valence-electron chi connectivity index (χ2n) is 4.22. The molecule has 4 heteroatoms. The first-order chi connectivity index (χ1) is 9.16. The predicted molar refractivity (Wildman–Crippen MR) is 77.8 cm³/mol. The number of carbonyl (C=O) groups excluding carboxylic acids is 1. The van der Waals surface area contributed by atoms with Crippen molar-refractivity contribution >= 4 is 16.7 Å². The Hall–Kier alpha value is -1.94. The second-order valence-corrected chi connectivity index (χ2v) is 5.67. The molecule has 2 aromatic rings. The highest BCUT2D eigenvalue weighted by atomic mass is 32.2. The maximum atomic E-state index is 11.8. The third kappa shape index (κ3) is 3.76. The highest BCUT2D eigenvalue weighted by Gasteiger charge is 2.09. The van der Waals surface area contributed by atoms with E-state index in [1.54, 1.807) is 0 Å². The van der Waals surface area contributed by atoms with Crippen molar-refractivity contribution in [2.75, 3.05) is 5.75 Å². The molecule has 2 rings (SSSR count). The van der Waals surface area contributed by atoms with E-state index in [9.17, 15) is 9.00 Å². The molecule has 19 heavy (non-hydrogen) atoms. The van der Waals surface area contributed by atoms with Crippen molar-refractivity contribution in [3.05, 3.63) is 60.2 Å². The van der Waals surface area contributed by atoms with E-state index >= 15 is 0 Å². The van der Waals surface area contributed by atoms with Gasteiger partial charge in [0.15, 0.2) is 0 Å². The maximum absolute atomic E-state index is 11.8. The highest BCUT2D eigenvalue weighted by molar-refractivity contribution is 7.84. The van der Waals surface area contributed by atoms with Crippen LogP contribution in [-0.4, -0.2) is 15.9 Å². The van der Waals surface area contributed by atoms with Gasteiger partial charge in [-0.25, -0.2) is 0 Å². The van der Waals surface area contributed by atoms with E-state index in [4.69, 9.17) is 5.73 Å². The topological polar surface area (TPSA) is 60.2 Å². The number of hydrogen-bond donors (Lipinski definition) is 1. The van der Waals surface area contributed by atoms with Gasteiger partial charge >= 0.3 is 0 Å². The lowest BCUT2D eigenvalue weighted by Crippen LogP contribution is -2.20. The molecule has 0 saturated heterocycles. The van der Waals surface area contributed by atoms with E-state index in [2.05, 4.69) is 0 Å². The van der Waals surface area contributed by atoms with Crippen LogP contribution < -0.4 is 5.73 Å². The van der Waals surface area contributed by atoms with Crippen LogP contribution in [0.25, 0.3) is 11.1 Å². The average molecular weight is 273 g/mol. The van der Waals surface area contributed by atoms with Crippen molar-refractivity contribution in [3.63, 3.8) is 0 Å². The second kappa shape index (κ2) is 6.29. The molecule has 0 heterocycles. The molecule has 0 unspecified atom stereocenters. The van der Waals surface area contributed by atoms with Crippen molar-refractivity contribution in [1.82, 2.24) is 0 Å². The fraction of sp³-hybridized carbons (Fsp3) is 0.133. The predicted octanol–water partition coefficient (Wildman–Crippen LogP) is 2.09. The van der Waals surface area contributed by atoms with E-state index in [-0.39, 0.29) is 5.75 Å². The Morgan fingerprint density at radius 1 is 1.00 bits per heavy atom. The third-order valence-electron chi connectivity index (χ3n) is 2.72. The summed E-state index contributed by atoms with van der Waals surface area (Å²) in [5, 5.41) is 0. The van der Waals surface area contributed by atoms with Gasteiger partial charge in [0.2, 0.25) is 5.91 Å². The molecule has 0 radical (unpaired) electrons. The van der Waals surface area contributed by atoms with Crippen molar-refractivity contribution in [2.24, 2.45) is 5.73 Å². The van der Waals surface area contributed by atoms with Crippen LogP contribution in [0.15, 0.2) is 54.6 Å². The number of rotatable bonds is 5. The number of carbonyl (C=O) groups is 1. The van der Waals surface area contributed by atoms with Crippen LogP contribution in [0.1, 0.15) is 5.56 Å².